The van der Waals surface area contributed by atoms with Crippen molar-refractivity contribution in [2.24, 2.45) is 4.36 Å². The maximum Gasteiger partial charge on any atom is 0.405 e. The lowest BCUT2D eigenvalue weighted by molar-refractivity contribution is -0.139. The quantitative estimate of drug-likeness (QED) is 0.457. The van der Waals surface area contributed by atoms with Gasteiger partial charge in [0.2, 0.25) is 0 Å². The molecule has 186 valence electrons. The van der Waals surface area contributed by atoms with Crippen LogP contribution in [0.5, 0.6) is 5.75 Å². The summed E-state index contributed by atoms with van der Waals surface area (Å²) in [5.41, 5.74) is 0.417. The lowest BCUT2D eigenvalue weighted by Crippen LogP contribution is -2.36. The highest BCUT2D eigenvalue weighted by Crippen LogP contribution is 2.34. The molecular weight excluding hydrogens is 497 g/mol. The van der Waals surface area contributed by atoms with Gasteiger partial charge in [-0.05, 0) is 24.6 Å². The number of nitrogens with one attached hydrogen (secondary N) is 2. The molecule has 4 rings (SSSR count). The molecule has 0 spiro atoms. The van der Waals surface area contributed by atoms with Crippen LogP contribution in [0.1, 0.15) is 6.42 Å². The van der Waals surface area contributed by atoms with Crippen LogP contribution in [0.4, 0.5) is 39.1 Å². The molecule has 1 aromatic heterocycles. The number of alkyl halides is 3. The van der Waals surface area contributed by atoms with Crippen molar-refractivity contribution in [1.82, 2.24) is 15.3 Å². The molecule has 2 heterocycles. The van der Waals surface area contributed by atoms with E-state index in [1.54, 1.807) is 5.32 Å². The van der Waals surface area contributed by atoms with Crippen molar-refractivity contribution in [2.45, 2.75) is 12.6 Å². The Morgan fingerprint density at radius 2 is 1.91 bits per heavy atom. The Balaban J connectivity index is 1.59. The van der Waals surface area contributed by atoms with Gasteiger partial charge in [0.15, 0.2) is 6.61 Å². The van der Waals surface area contributed by atoms with Gasteiger partial charge in [-0.1, -0.05) is 0 Å². The molecule has 0 atom stereocenters. The van der Waals surface area contributed by atoms with Gasteiger partial charge in [0.25, 0.3) is 5.91 Å². The maximum atomic E-state index is 15.0. The van der Waals surface area contributed by atoms with Gasteiger partial charge in [-0.3, -0.25) is 4.79 Å². The summed E-state index contributed by atoms with van der Waals surface area (Å²) in [5, 5.41) is 4.37. The van der Waals surface area contributed by atoms with E-state index in [1.807, 2.05) is 0 Å². The van der Waals surface area contributed by atoms with Crippen LogP contribution in [0.2, 0.25) is 0 Å². The molecule has 0 unspecified atom stereocenters. The van der Waals surface area contributed by atoms with Gasteiger partial charge in [-0.15, -0.1) is 0 Å². The zero-order chi connectivity index (χ0) is 25.2. The Morgan fingerprint density at radius 3 is 2.60 bits per heavy atom. The molecule has 2 aromatic carbocycles. The van der Waals surface area contributed by atoms with Crippen molar-refractivity contribution in [1.29, 1.82) is 0 Å². The van der Waals surface area contributed by atoms with Crippen molar-refractivity contribution in [3.8, 4) is 5.75 Å². The molecule has 0 bridgehead atoms. The fraction of sp³-hybridized carbons (Fsp3) is 0.286. The summed E-state index contributed by atoms with van der Waals surface area (Å²) in [6.45, 7) is -2.36. The monoisotopic (exact) mass is 515 g/mol. The van der Waals surface area contributed by atoms with Crippen LogP contribution in [0.15, 0.2) is 41.0 Å². The summed E-state index contributed by atoms with van der Waals surface area (Å²) >= 11 is 0. The molecule has 1 aliphatic heterocycles. The van der Waals surface area contributed by atoms with E-state index in [2.05, 4.69) is 19.6 Å². The molecule has 1 aliphatic rings. The molecule has 0 radical (unpaired) electrons. The first-order chi connectivity index (χ1) is 16.5. The van der Waals surface area contributed by atoms with Crippen molar-refractivity contribution >= 4 is 43.7 Å². The zero-order valence-electron chi connectivity index (χ0n) is 17.9. The fourth-order valence-electron chi connectivity index (χ4n) is 3.19. The summed E-state index contributed by atoms with van der Waals surface area (Å²) in [7, 11) is -2.37. The predicted octanol–water partition coefficient (Wildman–Crippen LogP) is 4.21. The summed E-state index contributed by atoms with van der Waals surface area (Å²) in [6, 6.07) is 5.77. The van der Waals surface area contributed by atoms with E-state index in [4.69, 9.17) is 4.74 Å². The van der Waals surface area contributed by atoms with Crippen LogP contribution in [0, 0.1) is 11.6 Å². The van der Waals surface area contributed by atoms with Crippen LogP contribution < -0.4 is 15.4 Å². The largest absolute Gasteiger partial charge is 0.481 e. The van der Waals surface area contributed by atoms with Crippen LogP contribution in [-0.2, 0) is 14.5 Å². The van der Waals surface area contributed by atoms with Gasteiger partial charge in [-0.2, -0.15) is 17.5 Å². The molecule has 14 heteroatoms. The molecule has 1 saturated heterocycles. The summed E-state index contributed by atoms with van der Waals surface area (Å²) in [4.78, 5) is 19.7. The minimum atomic E-state index is -4.60. The Labute approximate surface area is 196 Å². The second-order valence-electron chi connectivity index (χ2n) is 7.62. The number of carbonyl (C=O) groups excluding carboxylic acids is 1. The number of nitrogens with zero attached hydrogens (tertiary/aromatic N) is 3. The van der Waals surface area contributed by atoms with E-state index >= 15 is 0 Å². The molecule has 1 amide bonds. The number of aromatic nitrogens is 2. The van der Waals surface area contributed by atoms with Crippen LogP contribution in [0.3, 0.4) is 0 Å². The first-order valence-corrected chi connectivity index (χ1v) is 12.1. The average molecular weight is 515 g/mol. The number of halogens is 5. The van der Waals surface area contributed by atoms with E-state index in [1.165, 1.54) is 12.1 Å². The molecule has 0 aliphatic carbocycles. The van der Waals surface area contributed by atoms with Crippen LogP contribution in [-0.4, -0.2) is 50.9 Å². The number of ether oxygens (including phenoxy) is 1. The van der Waals surface area contributed by atoms with Gasteiger partial charge in [0.05, 0.1) is 32.0 Å². The number of hydrogen-bond donors (Lipinski definition) is 2. The normalized spacial score (nSPS) is 14.8. The highest BCUT2D eigenvalue weighted by molar-refractivity contribution is 7.95. The first-order valence-electron chi connectivity index (χ1n) is 10.2. The number of amides is 1. The summed E-state index contributed by atoms with van der Waals surface area (Å²) in [6.07, 6.45) is -2.66. The maximum absolute atomic E-state index is 15.0. The number of benzene rings is 2. The van der Waals surface area contributed by atoms with Gasteiger partial charge in [0, 0.05) is 23.6 Å². The van der Waals surface area contributed by atoms with Gasteiger partial charge in [-0.25, -0.2) is 23.0 Å². The third kappa shape index (κ3) is 6.12. The average Bonchev–Trinajstić information content (AvgIpc) is 2.76. The Hall–Kier alpha value is -3.55. The van der Waals surface area contributed by atoms with E-state index in [0.29, 0.717) is 11.5 Å². The van der Waals surface area contributed by atoms with Gasteiger partial charge in [0.1, 0.15) is 36.1 Å². The highest BCUT2D eigenvalue weighted by atomic mass is 32.2. The molecule has 8 nitrogen and oxygen atoms in total. The minimum absolute atomic E-state index is 0.0233. The summed E-state index contributed by atoms with van der Waals surface area (Å²) < 4.78 is 87.2. The van der Waals surface area contributed by atoms with Gasteiger partial charge < -0.3 is 15.4 Å². The number of fused-ring (bicyclic) bond motifs is 1. The number of anilines is 2. The Morgan fingerprint density at radius 1 is 1.14 bits per heavy atom. The second kappa shape index (κ2) is 9.60. The lowest BCUT2D eigenvalue weighted by Gasteiger charge is -2.18. The number of hydrogen-bond acceptors (Lipinski definition) is 7. The van der Waals surface area contributed by atoms with E-state index in [0.717, 1.165) is 30.9 Å². The highest BCUT2D eigenvalue weighted by Gasteiger charge is 2.27. The third-order valence-electron chi connectivity index (χ3n) is 4.91. The van der Waals surface area contributed by atoms with Crippen LogP contribution in [0.25, 0.3) is 10.9 Å². The second-order valence-corrected chi connectivity index (χ2v) is 10.2. The van der Waals surface area contributed by atoms with Crippen molar-refractivity contribution < 1.29 is 35.7 Å². The van der Waals surface area contributed by atoms with Crippen LogP contribution >= 0.6 is 0 Å². The van der Waals surface area contributed by atoms with Crippen molar-refractivity contribution in [3.05, 3.63) is 48.3 Å². The Kier molecular flexibility index (Phi) is 6.74. The predicted molar refractivity (Wildman–Crippen MR) is 118 cm³/mol. The minimum Gasteiger partial charge on any atom is -0.481 e. The van der Waals surface area contributed by atoms with Crippen molar-refractivity contribution in [2.75, 3.05) is 30.0 Å². The van der Waals surface area contributed by atoms with E-state index < -0.39 is 46.6 Å². The molecule has 3 aromatic rings. The molecule has 35 heavy (non-hydrogen) atoms. The first kappa shape index (κ1) is 24.6. The van der Waals surface area contributed by atoms with E-state index in [-0.39, 0.29) is 33.8 Å². The smallest absolute Gasteiger partial charge is 0.405 e. The molecular formula is C21H18F5N5O3S. The molecule has 2 N–H and O–H groups in total. The zero-order valence-corrected chi connectivity index (χ0v) is 18.7. The third-order valence-corrected chi connectivity index (χ3v) is 7.31. The van der Waals surface area contributed by atoms with Gasteiger partial charge >= 0.3 is 6.18 Å². The number of carbonyl (C=O) groups is 1. The van der Waals surface area contributed by atoms with E-state index in [9.17, 15) is 31.0 Å². The Bertz CT molecular complexity index is 1400. The topological polar surface area (TPSA) is 106 Å². The fourth-order valence-corrected chi connectivity index (χ4v) is 4.64. The lowest BCUT2D eigenvalue weighted by atomic mass is 10.2. The number of rotatable bonds is 7. The van der Waals surface area contributed by atoms with Crippen molar-refractivity contribution in [3.63, 3.8) is 0 Å². The standard InChI is InChI=1S/C21H18F5N5O3S/c22-12-2-3-15(17(6-12)34-9-18(32)27-10-21(24,25)26)30-20-19-14(23)7-13(8-16(19)28-11-29-20)31-35(33)4-1-5-35/h2-3,6-8,11H,1,4-5,9-10H2,(H,27,32)(H,28,29,30). The summed E-state index contributed by atoms with van der Waals surface area (Å²) in [5.74, 6) is -1.90. The SMILES string of the molecule is O=C(COc1cc(F)ccc1Nc1ncnc2cc(N=S3(=O)CCC3)cc(F)c12)NCC(F)(F)F. The molecule has 1 fully saturated rings. The molecule has 0 saturated carbocycles.